The second-order valence-electron chi connectivity index (χ2n) is 5.36. The molecule has 0 spiro atoms. The summed E-state index contributed by atoms with van der Waals surface area (Å²) in [5.41, 5.74) is 0. The van der Waals surface area contributed by atoms with E-state index in [0.717, 1.165) is 16.4 Å². The van der Waals surface area contributed by atoms with E-state index in [1.807, 2.05) is 0 Å². The van der Waals surface area contributed by atoms with Crippen molar-refractivity contribution in [1.82, 2.24) is 9.62 Å². The summed E-state index contributed by atoms with van der Waals surface area (Å²) in [4.78, 5) is 22.9. The number of amides is 1. The molecule has 8 nitrogen and oxygen atoms in total. The third-order valence-electron chi connectivity index (χ3n) is 3.29. The quantitative estimate of drug-likeness (QED) is 0.819. The van der Waals surface area contributed by atoms with Gasteiger partial charge in [-0.15, -0.1) is 0 Å². The average molecular weight is 330 g/mol. The zero-order valence-electron chi connectivity index (χ0n) is 12.3. The minimum absolute atomic E-state index is 0.0973. The normalized spacial score (nSPS) is 19.5. The van der Waals surface area contributed by atoms with Crippen molar-refractivity contribution < 1.29 is 27.5 Å². The highest BCUT2D eigenvalue weighted by Gasteiger charge is 2.41. The van der Waals surface area contributed by atoms with E-state index in [9.17, 15) is 18.0 Å². The van der Waals surface area contributed by atoms with Gasteiger partial charge in [0, 0.05) is 12.6 Å². The van der Waals surface area contributed by atoms with Gasteiger partial charge < -0.3 is 14.8 Å². The van der Waals surface area contributed by atoms with E-state index in [1.165, 1.54) is 0 Å². The van der Waals surface area contributed by atoms with Gasteiger partial charge in [-0.3, -0.25) is 4.79 Å². The highest BCUT2D eigenvalue weighted by Crippen LogP contribution is 2.27. The number of aromatic carboxylic acids is 1. The molecule has 2 rings (SSSR count). The number of carboxylic acid groups (broad SMARTS) is 1. The number of carboxylic acids is 1. The van der Waals surface area contributed by atoms with E-state index >= 15 is 0 Å². The molecule has 1 fully saturated rings. The lowest BCUT2D eigenvalue weighted by Crippen LogP contribution is -2.47. The van der Waals surface area contributed by atoms with Crippen molar-refractivity contribution in [2.75, 3.05) is 6.54 Å². The molecule has 1 aliphatic rings. The molecule has 0 aromatic carbocycles. The van der Waals surface area contributed by atoms with Crippen LogP contribution in [0.15, 0.2) is 21.6 Å². The summed E-state index contributed by atoms with van der Waals surface area (Å²) in [5.74, 6) is -2.17. The maximum atomic E-state index is 12.5. The van der Waals surface area contributed by atoms with Crippen LogP contribution in [0.3, 0.4) is 0 Å². The van der Waals surface area contributed by atoms with Crippen molar-refractivity contribution in [2.45, 2.75) is 43.9 Å². The van der Waals surface area contributed by atoms with Crippen LogP contribution in [0, 0.1) is 0 Å². The molecule has 2 N–H and O–H groups in total. The summed E-state index contributed by atoms with van der Waals surface area (Å²) in [7, 11) is -4.04. The molecule has 1 aromatic rings. The Morgan fingerprint density at radius 1 is 1.41 bits per heavy atom. The number of carbonyl (C=O) groups is 2. The van der Waals surface area contributed by atoms with E-state index in [-0.39, 0.29) is 18.5 Å². The van der Waals surface area contributed by atoms with Crippen LogP contribution in [0.5, 0.6) is 0 Å². The van der Waals surface area contributed by atoms with Crippen molar-refractivity contribution in [3.05, 3.63) is 17.9 Å². The van der Waals surface area contributed by atoms with Crippen LogP contribution in [0.2, 0.25) is 0 Å². The van der Waals surface area contributed by atoms with E-state index < -0.39 is 32.9 Å². The van der Waals surface area contributed by atoms with Crippen molar-refractivity contribution in [2.24, 2.45) is 0 Å². The molecule has 22 heavy (non-hydrogen) atoms. The molecule has 1 amide bonds. The van der Waals surface area contributed by atoms with Gasteiger partial charge in [0.25, 0.3) is 10.0 Å². The minimum Gasteiger partial charge on any atom is -0.475 e. The third-order valence-corrected chi connectivity index (χ3v) is 5.07. The van der Waals surface area contributed by atoms with E-state index in [2.05, 4.69) is 5.32 Å². The van der Waals surface area contributed by atoms with Gasteiger partial charge in [0.2, 0.25) is 16.8 Å². The molecular weight excluding hydrogens is 312 g/mol. The molecule has 0 aliphatic carbocycles. The topological polar surface area (TPSA) is 117 Å². The summed E-state index contributed by atoms with van der Waals surface area (Å²) in [6.45, 7) is 3.77. The van der Waals surface area contributed by atoms with Crippen molar-refractivity contribution in [3.8, 4) is 0 Å². The monoisotopic (exact) mass is 330 g/mol. The van der Waals surface area contributed by atoms with Crippen LogP contribution < -0.4 is 5.32 Å². The highest BCUT2D eigenvalue weighted by molar-refractivity contribution is 7.89. The molecule has 1 aliphatic heterocycles. The minimum atomic E-state index is -4.04. The third kappa shape index (κ3) is 3.14. The predicted octanol–water partition coefficient (Wildman–Crippen LogP) is 0.655. The number of hydrogen-bond acceptors (Lipinski definition) is 5. The van der Waals surface area contributed by atoms with Gasteiger partial charge in [0.15, 0.2) is 0 Å². The molecular formula is C13H18N2O6S. The van der Waals surface area contributed by atoms with Crippen LogP contribution in [0.25, 0.3) is 0 Å². The van der Waals surface area contributed by atoms with E-state index in [0.29, 0.717) is 12.8 Å². The first-order valence-corrected chi connectivity index (χ1v) is 8.33. The smallest absolute Gasteiger partial charge is 0.371 e. The fraction of sp³-hybridized carbons (Fsp3) is 0.538. The largest absolute Gasteiger partial charge is 0.475 e. The average Bonchev–Trinajstić information content (AvgIpc) is 3.08. The Bertz CT molecular complexity index is 678. The number of sulfonamides is 1. The fourth-order valence-corrected chi connectivity index (χ4v) is 3.93. The van der Waals surface area contributed by atoms with Crippen molar-refractivity contribution >= 4 is 21.9 Å². The molecule has 122 valence electrons. The summed E-state index contributed by atoms with van der Waals surface area (Å²) >= 11 is 0. The number of furan rings is 1. The number of carbonyl (C=O) groups excluding carboxylic acids is 1. The van der Waals surface area contributed by atoms with Crippen LogP contribution >= 0.6 is 0 Å². The lowest BCUT2D eigenvalue weighted by Gasteiger charge is -2.23. The summed E-state index contributed by atoms with van der Waals surface area (Å²) in [5, 5.41) is 11.0. The van der Waals surface area contributed by atoms with Gasteiger partial charge in [-0.25, -0.2) is 13.2 Å². The molecule has 1 unspecified atom stereocenters. The molecule has 1 aromatic heterocycles. The second kappa shape index (κ2) is 6.09. The van der Waals surface area contributed by atoms with Crippen molar-refractivity contribution in [1.29, 1.82) is 0 Å². The molecule has 2 heterocycles. The highest BCUT2D eigenvalue weighted by atomic mass is 32.2. The Hall–Kier alpha value is -1.87. The Kier molecular flexibility index (Phi) is 4.57. The maximum absolute atomic E-state index is 12.5. The van der Waals surface area contributed by atoms with Crippen LogP contribution in [0.1, 0.15) is 37.2 Å². The molecule has 1 saturated heterocycles. The van der Waals surface area contributed by atoms with Crippen LogP contribution in [-0.2, 0) is 14.8 Å². The van der Waals surface area contributed by atoms with Gasteiger partial charge in [0.05, 0.1) is 0 Å². The van der Waals surface area contributed by atoms with Crippen molar-refractivity contribution in [3.63, 3.8) is 0 Å². The summed E-state index contributed by atoms with van der Waals surface area (Å²) in [6, 6.07) is 1.27. The molecule has 9 heteroatoms. The second-order valence-corrected chi connectivity index (χ2v) is 7.18. The van der Waals surface area contributed by atoms with Crippen LogP contribution in [-0.4, -0.2) is 48.3 Å². The number of hydrogen-bond donors (Lipinski definition) is 2. The van der Waals surface area contributed by atoms with Gasteiger partial charge in [-0.2, -0.15) is 4.31 Å². The molecule has 0 bridgehead atoms. The SMILES string of the molecule is CC(C)NC(=O)C1CCCN1S(=O)(=O)c1ccc(C(=O)O)o1. The zero-order chi connectivity index (χ0) is 16.5. The molecule has 1 atom stereocenters. The number of nitrogens with zero attached hydrogens (tertiary/aromatic N) is 1. The van der Waals surface area contributed by atoms with E-state index in [4.69, 9.17) is 9.52 Å². The molecule has 0 radical (unpaired) electrons. The number of nitrogens with one attached hydrogen (secondary N) is 1. The first-order valence-electron chi connectivity index (χ1n) is 6.89. The fourth-order valence-electron chi connectivity index (χ4n) is 2.36. The maximum Gasteiger partial charge on any atom is 0.371 e. The van der Waals surface area contributed by atoms with Gasteiger partial charge in [0.1, 0.15) is 6.04 Å². The summed E-state index contributed by atoms with van der Waals surface area (Å²) < 4.78 is 31.0. The Morgan fingerprint density at radius 3 is 2.64 bits per heavy atom. The Labute approximate surface area is 128 Å². The lowest BCUT2D eigenvalue weighted by molar-refractivity contribution is -0.124. The van der Waals surface area contributed by atoms with Gasteiger partial charge in [-0.05, 0) is 38.8 Å². The standard InChI is InChI=1S/C13H18N2O6S/c1-8(2)14-12(16)9-4-3-7-15(9)22(19,20)11-6-5-10(21-11)13(17)18/h5-6,8-9H,3-4,7H2,1-2H3,(H,14,16)(H,17,18). The van der Waals surface area contributed by atoms with Gasteiger partial charge in [-0.1, -0.05) is 0 Å². The molecule has 0 saturated carbocycles. The first kappa shape index (κ1) is 16.5. The number of rotatable bonds is 5. The predicted molar refractivity (Wildman–Crippen MR) is 75.9 cm³/mol. The summed E-state index contributed by atoms with van der Waals surface area (Å²) in [6.07, 6.45) is 0.978. The lowest BCUT2D eigenvalue weighted by atomic mass is 10.2. The van der Waals surface area contributed by atoms with E-state index in [1.54, 1.807) is 13.8 Å². The van der Waals surface area contributed by atoms with Gasteiger partial charge >= 0.3 is 5.97 Å². The zero-order valence-corrected chi connectivity index (χ0v) is 13.1. The Balaban J connectivity index is 2.27. The Morgan fingerprint density at radius 2 is 2.09 bits per heavy atom. The first-order chi connectivity index (χ1) is 10.2. The van der Waals surface area contributed by atoms with Crippen LogP contribution in [0.4, 0.5) is 0 Å².